The van der Waals surface area contributed by atoms with Gasteiger partial charge in [-0.1, -0.05) is 0 Å². The van der Waals surface area contributed by atoms with Crippen molar-refractivity contribution in [3.8, 4) is 0 Å². The van der Waals surface area contributed by atoms with Crippen LogP contribution in [0.3, 0.4) is 0 Å². The summed E-state index contributed by atoms with van der Waals surface area (Å²) in [4.78, 5) is 13.0. The maximum absolute atomic E-state index is 11.0. The molecule has 0 aromatic rings. The standard InChI is InChI=1S/C10H19NO3/c1-10(2,3)11-5-4-7(12)6-8(11)9(13)14/h7-8,12H,4-6H2,1-3H3,(H,13,14)/t7-,8-/m0/s1. The molecular weight excluding hydrogens is 182 g/mol. The number of nitrogens with zero attached hydrogens (tertiary/aromatic N) is 1. The number of carboxylic acid groups (broad SMARTS) is 1. The van der Waals surface area contributed by atoms with Crippen molar-refractivity contribution in [1.29, 1.82) is 0 Å². The number of likely N-dealkylation sites (tertiary alicyclic amines) is 1. The summed E-state index contributed by atoms with van der Waals surface area (Å²) in [6.45, 7) is 6.66. The van der Waals surface area contributed by atoms with Crippen molar-refractivity contribution in [2.75, 3.05) is 6.54 Å². The lowest BCUT2D eigenvalue weighted by atomic mass is 9.93. The van der Waals surface area contributed by atoms with Crippen molar-refractivity contribution in [1.82, 2.24) is 4.90 Å². The van der Waals surface area contributed by atoms with Crippen LogP contribution in [0.4, 0.5) is 0 Å². The second kappa shape index (κ2) is 3.87. The highest BCUT2D eigenvalue weighted by Gasteiger charge is 2.38. The van der Waals surface area contributed by atoms with Crippen LogP contribution in [0.1, 0.15) is 33.6 Å². The molecule has 0 radical (unpaired) electrons. The minimum atomic E-state index is -0.835. The summed E-state index contributed by atoms with van der Waals surface area (Å²) in [5.74, 6) is -0.835. The lowest BCUT2D eigenvalue weighted by molar-refractivity contribution is -0.150. The highest BCUT2D eigenvalue weighted by atomic mass is 16.4. The number of aliphatic hydroxyl groups is 1. The fraction of sp³-hybridized carbons (Fsp3) is 0.900. The van der Waals surface area contributed by atoms with E-state index < -0.39 is 18.1 Å². The molecule has 4 heteroatoms. The van der Waals surface area contributed by atoms with Crippen LogP contribution in [0.25, 0.3) is 0 Å². The molecule has 0 aromatic carbocycles. The summed E-state index contributed by atoms with van der Waals surface area (Å²) in [7, 11) is 0. The van der Waals surface area contributed by atoms with Crippen molar-refractivity contribution < 1.29 is 15.0 Å². The van der Waals surface area contributed by atoms with Gasteiger partial charge in [-0.25, -0.2) is 0 Å². The SMILES string of the molecule is CC(C)(C)N1CC[C@H](O)C[C@H]1C(=O)O. The number of hydrogen-bond donors (Lipinski definition) is 2. The summed E-state index contributed by atoms with van der Waals surface area (Å²) in [5.41, 5.74) is -0.150. The third-order valence-corrected chi connectivity index (χ3v) is 2.72. The molecule has 0 amide bonds. The van der Waals surface area contributed by atoms with Crippen molar-refractivity contribution in [3.05, 3.63) is 0 Å². The maximum atomic E-state index is 11.0. The first-order valence-electron chi connectivity index (χ1n) is 5.00. The van der Waals surface area contributed by atoms with Crippen molar-refractivity contribution >= 4 is 5.97 Å². The quantitative estimate of drug-likeness (QED) is 0.655. The zero-order valence-electron chi connectivity index (χ0n) is 9.03. The molecule has 0 aromatic heterocycles. The van der Waals surface area contributed by atoms with Crippen LogP contribution in [-0.2, 0) is 4.79 Å². The average molecular weight is 201 g/mol. The molecule has 2 atom stereocenters. The van der Waals surface area contributed by atoms with E-state index in [-0.39, 0.29) is 5.54 Å². The first kappa shape index (κ1) is 11.5. The summed E-state index contributed by atoms with van der Waals surface area (Å²) < 4.78 is 0. The highest BCUT2D eigenvalue weighted by Crippen LogP contribution is 2.25. The number of carbonyl (C=O) groups is 1. The smallest absolute Gasteiger partial charge is 0.321 e. The summed E-state index contributed by atoms with van der Waals surface area (Å²) in [5, 5.41) is 18.5. The van der Waals surface area contributed by atoms with Gasteiger partial charge in [0.25, 0.3) is 0 Å². The molecule has 1 saturated heterocycles. The van der Waals surface area contributed by atoms with E-state index in [9.17, 15) is 9.90 Å². The Morgan fingerprint density at radius 2 is 2.00 bits per heavy atom. The Balaban J connectivity index is 2.78. The van der Waals surface area contributed by atoms with Gasteiger partial charge in [-0.15, -0.1) is 0 Å². The van der Waals surface area contributed by atoms with E-state index in [0.29, 0.717) is 19.4 Å². The average Bonchev–Trinajstić information content (AvgIpc) is 2.01. The molecule has 4 nitrogen and oxygen atoms in total. The zero-order chi connectivity index (χ0) is 10.9. The van der Waals surface area contributed by atoms with Crippen LogP contribution in [0.2, 0.25) is 0 Å². The molecule has 0 bridgehead atoms. The molecule has 1 rings (SSSR count). The molecule has 0 aliphatic carbocycles. The van der Waals surface area contributed by atoms with Gasteiger partial charge in [-0.3, -0.25) is 9.69 Å². The Morgan fingerprint density at radius 3 is 2.43 bits per heavy atom. The van der Waals surface area contributed by atoms with E-state index in [1.54, 1.807) is 0 Å². The molecule has 1 fully saturated rings. The number of rotatable bonds is 1. The van der Waals surface area contributed by atoms with E-state index in [0.717, 1.165) is 0 Å². The van der Waals surface area contributed by atoms with Gasteiger partial charge < -0.3 is 10.2 Å². The molecule has 14 heavy (non-hydrogen) atoms. The monoisotopic (exact) mass is 201 g/mol. The molecule has 1 heterocycles. The van der Waals surface area contributed by atoms with Crippen molar-refractivity contribution in [2.45, 2.75) is 51.3 Å². The van der Waals surface area contributed by atoms with Crippen LogP contribution in [0, 0.1) is 0 Å². The molecular formula is C10H19NO3. The Hall–Kier alpha value is -0.610. The van der Waals surface area contributed by atoms with Gasteiger partial charge in [0.2, 0.25) is 0 Å². The van der Waals surface area contributed by atoms with Gasteiger partial charge in [0, 0.05) is 12.1 Å². The summed E-state index contributed by atoms with van der Waals surface area (Å²) >= 11 is 0. The van der Waals surface area contributed by atoms with Gasteiger partial charge in [0.05, 0.1) is 6.10 Å². The van der Waals surface area contributed by atoms with Gasteiger partial charge >= 0.3 is 5.97 Å². The highest BCUT2D eigenvalue weighted by molar-refractivity contribution is 5.73. The molecule has 82 valence electrons. The molecule has 0 unspecified atom stereocenters. The van der Waals surface area contributed by atoms with Crippen LogP contribution in [0.5, 0.6) is 0 Å². The Kier molecular flexibility index (Phi) is 3.17. The topological polar surface area (TPSA) is 60.8 Å². The molecule has 1 aliphatic heterocycles. The number of carboxylic acids is 1. The molecule has 2 N–H and O–H groups in total. The van der Waals surface area contributed by atoms with Crippen molar-refractivity contribution in [3.63, 3.8) is 0 Å². The van der Waals surface area contributed by atoms with E-state index in [2.05, 4.69) is 0 Å². The summed E-state index contributed by atoms with van der Waals surface area (Å²) in [6.07, 6.45) is 0.544. The Morgan fingerprint density at radius 1 is 1.43 bits per heavy atom. The predicted octanol–water partition coefficient (Wildman–Crippen LogP) is 0.695. The normalized spacial score (nSPS) is 30.3. The largest absolute Gasteiger partial charge is 0.480 e. The first-order valence-corrected chi connectivity index (χ1v) is 5.00. The minimum absolute atomic E-state index is 0.150. The third-order valence-electron chi connectivity index (χ3n) is 2.72. The summed E-state index contributed by atoms with van der Waals surface area (Å²) in [6, 6.07) is -0.543. The fourth-order valence-electron chi connectivity index (χ4n) is 1.98. The lowest BCUT2D eigenvalue weighted by Crippen LogP contribution is -2.56. The van der Waals surface area contributed by atoms with Crippen LogP contribution in [0.15, 0.2) is 0 Å². The van der Waals surface area contributed by atoms with Gasteiger partial charge in [0.1, 0.15) is 6.04 Å². The van der Waals surface area contributed by atoms with Crippen LogP contribution < -0.4 is 0 Å². The lowest BCUT2D eigenvalue weighted by Gasteiger charge is -2.43. The first-order chi connectivity index (χ1) is 6.32. The Labute approximate surface area is 84.5 Å². The van der Waals surface area contributed by atoms with Crippen LogP contribution >= 0.6 is 0 Å². The van der Waals surface area contributed by atoms with E-state index in [1.807, 2.05) is 25.7 Å². The molecule has 0 spiro atoms. The minimum Gasteiger partial charge on any atom is -0.480 e. The number of aliphatic hydroxyl groups excluding tert-OH is 1. The number of piperidine rings is 1. The second-order valence-electron chi connectivity index (χ2n) is 4.90. The fourth-order valence-corrected chi connectivity index (χ4v) is 1.98. The van der Waals surface area contributed by atoms with Gasteiger partial charge in [-0.05, 0) is 33.6 Å². The van der Waals surface area contributed by atoms with E-state index in [4.69, 9.17) is 5.11 Å². The zero-order valence-corrected chi connectivity index (χ0v) is 9.03. The maximum Gasteiger partial charge on any atom is 0.321 e. The van der Waals surface area contributed by atoms with E-state index >= 15 is 0 Å². The Bertz CT molecular complexity index is 222. The number of hydrogen-bond acceptors (Lipinski definition) is 3. The molecule has 0 saturated carbocycles. The van der Waals surface area contributed by atoms with Crippen LogP contribution in [-0.4, -0.2) is 45.3 Å². The van der Waals surface area contributed by atoms with Gasteiger partial charge in [0.15, 0.2) is 0 Å². The third kappa shape index (κ3) is 2.45. The van der Waals surface area contributed by atoms with Crippen molar-refractivity contribution in [2.24, 2.45) is 0 Å². The predicted molar refractivity (Wildman–Crippen MR) is 53.1 cm³/mol. The van der Waals surface area contributed by atoms with Gasteiger partial charge in [-0.2, -0.15) is 0 Å². The number of aliphatic carboxylic acids is 1. The molecule has 1 aliphatic rings. The van der Waals surface area contributed by atoms with E-state index in [1.165, 1.54) is 0 Å². The second-order valence-corrected chi connectivity index (χ2v) is 4.90.